The molecule has 0 radical (unpaired) electrons. The summed E-state index contributed by atoms with van der Waals surface area (Å²) in [6.07, 6.45) is 0. The second-order valence-corrected chi connectivity index (χ2v) is 7.83. The molecular formula is C28H20O. The van der Waals surface area contributed by atoms with Crippen molar-refractivity contribution in [2.45, 2.75) is 13.8 Å². The molecule has 1 nitrogen and oxygen atoms in total. The van der Waals surface area contributed by atoms with Crippen LogP contribution >= 0.6 is 0 Å². The van der Waals surface area contributed by atoms with E-state index < -0.39 is 0 Å². The van der Waals surface area contributed by atoms with Gasteiger partial charge in [-0.1, -0.05) is 78.9 Å². The van der Waals surface area contributed by atoms with Crippen LogP contribution in [0.15, 0.2) is 89.3 Å². The van der Waals surface area contributed by atoms with Crippen LogP contribution in [0.2, 0.25) is 0 Å². The zero-order valence-electron chi connectivity index (χ0n) is 16.5. The standard InChI is InChI=1S/C28H20O/c1-17-9-3-5-11-20(17)25-18(2)28-27(23-14-8-7-13-22(23)25)26-21-12-6-4-10-19(21)15-16-24(26)29-28/h3-16H,1-2H3. The number of aryl methyl sites for hydroxylation is 2. The van der Waals surface area contributed by atoms with Gasteiger partial charge in [-0.25, -0.2) is 0 Å². The molecule has 0 amide bonds. The number of furan rings is 1. The van der Waals surface area contributed by atoms with Crippen molar-refractivity contribution in [3.8, 4) is 11.1 Å². The molecule has 0 bridgehead atoms. The van der Waals surface area contributed by atoms with Crippen LogP contribution in [0.4, 0.5) is 0 Å². The van der Waals surface area contributed by atoms with E-state index in [0.717, 1.165) is 11.2 Å². The average Bonchev–Trinajstić information content (AvgIpc) is 3.16. The number of hydrogen-bond acceptors (Lipinski definition) is 1. The van der Waals surface area contributed by atoms with Gasteiger partial charge >= 0.3 is 0 Å². The third-order valence-electron chi connectivity index (χ3n) is 6.18. The summed E-state index contributed by atoms with van der Waals surface area (Å²) in [5.41, 5.74) is 6.97. The number of fused-ring (bicyclic) bond motifs is 7. The third-order valence-corrected chi connectivity index (χ3v) is 6.18. The van der Waals surface area contributed by atoms with Gasteiger partial charge in [0.15, 0.2) is 0 Å². The van der Waals surface area contributed by atoms with Crippen molar-refractivity contribution in [2.24, 2.45) is 0 Å². The number of hydrogen-bond donors (Lipinski definition) is 0. The molecule has 1 heterocycles. The first-order chi connectivity index (χ1) is 14.2. The molecule has 0 aliphatic heterocycles. The molecule has 29 heavy (non-hydrogen) atoms. The second-order valence-electron chi connectivity index (χ2n) is 7.83. The molecule has 0 N–H and O–H groups in total. The SMILES string of the molecule is Cc1ccccc1-c1c(C)c2oc3ccc4ccccc4c3c2c2ccccc12. The molecule has 0 aliphatic carbocycles. The lowest BCUT2D eigenvalue weighted by atomic mass is 9.88. The third kappa shape index (κ3) is 2.22. The van der Waals surface area contributed by atoms with E-state index in [9.17, 15) is 0 Å². The van der Waals surface area contributed by atoms with E-state index >= 15 is 0 Å². The first-order valence-electron chi connectivity index (χ1n) is 10.1. The van der Waals surface area contributed by atoms with Crippen LogP contribution in [-0.4, -0.2) is 0 Å². The maximum absolute atomic E-state index is 6.50. The number of benzene rings is 5. The van der Waals surface area contributed by atoms with Crippen LogP contribution in [0.5, 0.6) is 0 Å². The summed E-state index contributed by atoms with van der Waals surface area (Å²) in [4.78, 5) is 0. The minimum Gasteiger partial charge on any atom is -0.456 e. The van der Waals surface area contributed by atoms with E-state index in [4.69, 9.17) is 4.42 Å². The van der Waals surface area contributed by atoms with Crippen LogP contribution < -0.4 is 0 Å². The van der Waals surface area contributed by atoms with Crippen molar-refractivity contribution in [2.75, 3.05) is 0 Å². The lowest BCUT2D eigenvalue weighted by Gasteiger charge is -2.14. The predicted molar refractivity (Wildman–Crippen MR) is 124 cm³/mol. The Kier molecular flexibility index (Phi) is 3.36. The molecule has 6 aromatic rings. The van der Waals surface area contributed by atoms with Gasteiger partial charge in [-0.3, -0.25) is 0 Å². The van der Waals surface area contributed by atoms with Crippen LogP contribution in [0.1, 0.15) is 11.1 Å². The summed E-state index contributed by atoms with van der Waals surface area (Å²) >= 11 is 0. The van der Waals surface area contributed by atoms with E-state index in [2.05, 4.69) is 98.8 Å². The summed E-state index contributed by atoms with van der Waals surface area (Å²) in [5.74, 6) is 0. The Morgan fingerprint density at radius 3 is 2.10 bits per heavy atom. The number of rotatable bonds is 1. The normalized spacial score (nSPS) is 11.8. The highest BCUT2D eigenvalue weighted by atomic mass is 16.3. The Morgan fingerprint density at radius 1 is 0.586 bits per heavy atom. The highest BCUT2D eigenvalue weighted by Crippen LogP contribution is 2.45. The molecule has 1 heteroatoms. The van der Waals surface area contributed by atoms with E-state index in [0.29, 0.717) is 0 Å². The van der Waals surface area contributed by atoms with Crippen molar-refractivity contribution < 1.29 is 4.42 Å². The molecular weight excluding hydrogens is 352 g/mol. The Balaban J connectivity index is 1.91. The summed E-state index contributed by atoms with van der Waals surface area (Å²) in [5, 5.41) is 7.46. The zero-order valence-corrected chi connectivity index (χ0v) is 16.5. The molecule has 1 aromatic heterocycles. The van der Waals surface area contributed by atoms with Gasteiger partial charge in [0.2, 0.25) is 0 Å². The summed E-state index contributed by atoms with van der Waals surface area (Å²) < 4.78 is 6.50. The molecule has 0 aliphatic rings. The molecule has 138 valence electrons. The highest BCUT2D eigenvalue weighted by Gasteiger charge is 2.20. The van der Waals surface area contributed by atoms with Crippen molar-refractivity contribution in [3.63, 3.8) is 0 Å². The summed E-state index contributed by atoms with van der Waals surface area (Å²) in [6.45, 7) is 4.38. The fraction of sp³-hybridized carbons (Fsp3) is 0.0714. The fourth-order valence-corrected chi connectivity index (χ4v) is 4.83. The Labute approximate surface area is 169 Å². The Bertz CT molecular complexity index is 1570. The van der Waals surface area contributed by atoms with Crippen molar-refractivity contribution >= 4 is 43.5 Å². The zero-order chi connectivity index (χ0) is 19.5. The summed E-state index contributed by atoms with van der Waals surface area (Å²) in [7, 11) is 0. The van der Waals surface area contributed by atoms with Gasteiger partial charge in [-0.05, 0) is 58.1 Å². The van der Waals surface area contributed by atoms with Crippen molar-refractivity contribution in [1.29, 1.82) is 0 Å². The Hall–Kier alpha value is -3.58. The molecule has 0 fully saturated rings. The summed E-state index contributed by atoms with van der Waals surface area (Å²) in [6, 6.07) is 30.2. The molecule has 0 spiro atoms. The minimum atomic E-state index is 0.953. The fourth-order valence-electron chi connectivity index (χ4n) is 4.83. The predicted octanol–water partition coefficient (Wildman–Crippen LogP) is 8.18. The topological polar surface area (TPSA) is 13.1 Å². The van der Waals surface area contributed by atoms with E-state index in [1.165, 1.54) is 54.6 Å². The van der Waals surface area contributed by atoms with Gasteiger partial charge in [0.1, 0.15) is 11.2 Å². The van der Waals surface area contributed by atoms with Crippen LogP contribution in [0.25, 0.3) is 54.6 Å². The smallest absolute Gasteiger partial charge is 0.139 e. The van der Waals surface area contributed by atoms with Gasteiger partial charge < -0.3 is 4.42 Å². The van der Waals surface area contributed by atoms with Crippen molar-refractivity contribution in [1.82, 2.24) is 0 Å². The lowest BCUT2D eigenvalue weighted by Crippen LogP contribution is -1.90. The first kappa shape index (κ1) is 16.4. The monoisotopic (exact) mass is 372 g/mol. The lowest BCUT2D eigenvalue weighted by molar-refractivity contribution is 0.666. The maximum atomic E-state index is 6.50. The first-order valence-corrected chi connectivity index (χ1v) is 10.1. The van der Waals surface area contributed by atoms with Crippen LogP contribution in [0.3, 0.4) is 0 Å². The molecule has 0 saturated heterocycles. The van der Waals surface area contributed by atoms with Gasteiger partial charge in [-0.15, -0.1) is 0 Å². The van der Waals surface area contributed by atoms with E-state index in [-0.39, 0.29) is 0 Å². The quantitative estimate of drug-likeness (QED) is 0.284. The highest BCUT2D eigenvalue weighted by molar-refractivity contribution is 6.29. The minimum absolute atomic E-state index is 0.953. The van der Waals surface area contributed by atoms with E-state index in [1.54, 1.807) is 0 Å². The molecule has 0 unspecified atom stereocenters. The van der Waals surface area contributed by atoms with Gasteiger partial charge in [0, 0.05) is 16.3 Å². The van der Waals surface area contributed by atoms with Crippen LogP contribution in [0, 0.1) is 13.8 Å². The maximum Gasteiger partial charge on any atom is 0.139 e. The van der Waals surface area contributed by atoms with Gasteiger partial charge in [0.25, 0.3) is 0 Å². The Morgan fingerprint density at radius 2 is 1.28 bits per heavy atom. The average molecular weight is 372 g/mol. The second kappa shape index (κ2) is 5.96. The molecule has 0 atom stereocenters. The van der Waals surface area contributed by atoms with E-state index in [1.807, 2.05) is 0 Å². The van der Waals surface area contributed by atoms with Crippen molar-refractivity contribution in [3.05, 3.63) is 96.1 Å². The molecule has 0 saturated carbocycles. The van der Waals surface area contributed by atoms with Gasteiger partial charge in [0.05, 0.1) is 0 Å². The van der Waals surface area contributed by atoms with Crippen LogP contribution in [-0.2, 0) is 0 Å². The molecule has 5 aromatic carbocycles. The molecule has 6 rings (SSSR count). The van der Waals surface area contributed by atoms with Gasteiger partial charge in [-0.2, -0.15) is 0 Å². The largest absolute Gasteiger partial charge is 0.456 e.